The third-order valence-electron chi connectivity index (χ3n) is 5.89. The molecule has 0 saturated carbocycles. The van der Waals surface area contributed by atoms with Crippen molar-refractivity contribution in [2.75, 3.05) is 0 Å². The molecule has 0 atom stereocenters. The number of benzene rings is 4. The van der Waals surface area contributed by atoms with Crippen LogP contribution in [0.25, 0.3) is 44.0 Å². The van der Waals surface area contributed by atoms with Crippen LogP contribution in [0, 0.1) is 0 Å². The molecule has 0 unspecified atom stereocenters. The largest absolute Gasteiger partial charge is 0.478 e. The molecule has 1 aliphatic carbocycles. The molecule has 2 N–H and O–H groups in total. The zero-order chi connectivity index (χ0) is 26.1. The molecule has 9 heteroatoms. The molecular weight excluding hydrogens is 515 g/mol. The van der Waals surface area contributed by atoms with Crippen molar-refractivity contribution in [1.29, 1.82) is 0 Å². The summed E-state index contributed by atoms with van der Waals surface area (Å²) in [7, 11) is 0. The Morgan fingerprint density at radius 2 is 1.59 bits per heavy atom. The highest BCUT2D eigenvalue weighted by Gasteiger charge is 2.17. The number of carbonyl (C=O) groups is 2. The van der Waals surface area contributed by atoms with Gasteiger partial charge in [0.05, 0.1) is 32.9 Å². The SMILES string of the molecule is O=C(O)c1ccc(=O)c2cc3ccccc3[nH]c1-2.O=C(OCl)c1cccc2c(Cl)c3ccccc3nc12. The highest BCUT2D eigenvalue weighted by Crippen LogP contribution is 2.32. The minimum Gasteiger partial charge on any atom is -0.478 e. The van der Waals surface area contributed by atoms with Crippen LogP contribution in [0.15, 0.2) is 89.7 Å². The van der Waals surface area contributed by atoms with Crippen molar-refractivity contribution in [1.82, 2.24) is 9.97 Å². The monoisotopic (exact) mass is 530 g/mol. The van der Waals surface area contributed by atoms with E-state index < -0.39 is 11.9 Å². The standard InChI is InChI=1S/C14H7Cl2NO2.C14H9NO3/c15-12-8-4-1-2-7-11(8)17-13-9(12)5-3-6-10(13)14(18)19-16;16-12-6-5-9(14(17)18)13-10(12)7-8-3-1-2-4-11(8)15-13/h1-7H;1-7,15H,(H,17,18). The molecule has 7 nitrogen and oxygen atoms in total. The Labute approximate surface area is 219 Å². The summed E-state index contributed by atoms with van der Waals surface area (Å²) < 4.78 is 4.25. The number of hydrogen-bond donors (Lipinski definition) is 2. The van der Waals surface area contributed by atoms with Gasteiger partial charge >= 0.3 is 11.9 Å². The van der Waals surface area contributed by atoms with E-state index in [-0.39, 0.29) is 11.0 Å². The van der Waals surface area contributed by atoms with Crippen LogP contribution >= 0.6 is 23.5 Å². The van der Waals surface area contributed by atoms with Crippen LogP contribution in [-0.2, 0) is 4.29 Å². The molecule has 2 heterocycles. The van der Waals surface area contributed by atoms with Crippen molar-refractivity contribution in [2.24, 2.45) is 0 Å². The van der Waals surface area contributed by atoms with Gasteiger partial charge in [0.2, 0.25) is 0 Å². The first kappa shape index (κ1) is 24.2. The van der Waals surface area contributed by atoms with Gasteiger partial charge in [-0.05, 0) is 41.8 Å². The van der Waals surface area contributed by atoms with E-state index in [0.717, 1.165) is 21.8 Å². The van der Waals surface area contributed by atoms with Gasteiger partial charge in [0.25, 0.3) is 0 Å². The molecule has 3 aromatic carbocycles. The third kappa shape index (κ3) is 4.46. The number of nitrogens with zero attached hydrogens (tertiary/aromatic N) is 1. The van der Waals surface area contributed by atoms with Crippen LogP contribution in [0.1, 0.15) is 20.7 Å². The number of para-hydroxylation sites is 3. The Hall–Kier alpha value is -4.46. The van der Waals surface area contributed by atoms with Gasteiger partial charge in [0, 0.05) is 21.9 Å². The van der Waals surface area contributed by atoms with Gasteiger partial charge in [-0.15, -0.1) is 0 Å². The Balaban J connectivity index is 0.000000152. The summed E-state index contributed by atoms with van der Waals surface area (Å²) in [6.45, 7) is 0. The fourth-order valence-electron chi connectivity index (χ4n) is 4.15. The topological polar surface area (TPSA) is 109 Å². The lowest BCUT2D eigenvalue weighted by molar-refractivity contribution is 0.0695. The number of rotatable bonds is 2. The van der Waals surface area contributed by atoms with Gasteiger partial charge < -0.3 is 14.4 Å². The summed E-state index contributed by atoms with van der Waals surface area (Å²) >= 11 is 11.5. The second-order valence-corrected chi connectivity index (χ2v) is 8.60. The number of carbonyl (C=O) groups excluding carboxylic acids is 1. The quantitative estimate of drug-likeness (QED) is 0.241. The predicted molar refractivity (Wildman–Crippen MR) is 144 cm³/mol. The number of nitrogens with one attached hydrogen (secondary N) is 1. The molecule has 0 fully saturated rings. The molecule has 1 aromatic heterocycles. The van der Waals surface area contributed by atoms with Gasteiger partial charge in [-0.3, -0.25) is 4.79 Å². The van der Waals surface area contributed by atoms with Crippen LogP contribution in [0.3, 0.4) is 0 Å². The van der Waals surface area contributed by atoms with Crippen LogP contribution in [0.4, 0.5) is 0 Å². The molecule has 6 rings (SSSR count). The number of aromatic carboxylic acids is 1. The summed E-state index contributed by atoms with van der Waals surface area (Å²) in [5, 5.41) is 12.1. The number of carboxylic acid groups (broad SMARTS) is 1. The number of carboxylic acids is 1. The maximum atomic E-state index is 11.8. The Morgan fingerprint density at radius 1 is 0.865 bits per heavy atom. The minimum absolute atomic E-state index is 0.107. The maximum absolute atomic E-state index is 11.8. The van der Waals surface area contributed by atoms with E-state index >= 15 is 0 Å². The van der Waals surface area contributed by atoms with Gasteiger partial charge in [-0.1, -0.05) is 60.1 Å². The van der Waals surface area contributed by atoms with E-state index in [1.165, 1.54) is 12.1 Å². The normalized spacial score (nSPS) is 10.9. The highest BCUT2D eigenvalue weighted by molar-refractivity contribution is 6.40. The molecule has 182 valence electrons. The van der Waals surface area contributed by atoms with Crippen molar-refractivity contribution in [3.63, 3.8) is 0 Å². The van der Waals surface area contributed by atoms with E-state index in [1.807, 2.05) is 54.6 Å². The van der Waals surface area contributed by atoms with Crippen molar-refractivity contribution >= 4 is 68.1 Å². The molecule has 37 heavy (non-hydrogen) atoms. The fourth-order valence-corrected chi connectivity index (χ4v) is 4.55. The lowest BCUT2D eigenvalue weighted by Gasteiger charge is -2.10. The zero-order valence-corrected chi connectivity index (χ0v) is 20.4. The van der Waals surface area contributed by atoms with E-state index in [4.69, 9.17) is 28.6 Å². The van der Waals surface area contributed by atoms with Gasteiger partial charge in [0.1, 0.15) is 11.9 Å². The third-order valence-corrected chi connectivity index (χ3v) is 6.44. The molecule has 0 radical (unpaired) electrons. The smallest absolute Gasteiger partial charge is 0.358 e. The molecule has 0 bridgehead atoms. The first-order valence-corrected chi connectivity index (χ1v) is 11.7. The number of hydrogen-bond acceptors (Lipinski definition) is 5. The lowest BCUT2D eigenvalue weighted by Crippen LogP contribution is -2.11. The van der Waals surface area contributed by atoms with Crippen molar-refractivity contribution < 1.29 is 19.0 Å². The predicted octanol–water partition coefficient (Wildman–Crippen LogP) is 6.68. The average Bonchev–Trinajstić information content (AvgIpc) is 2.92. The van der Waals surface area contributed by atoms with Gasteiger partial charge in [-0.2, -0.15) is 0 Å². The molecule has 2 aliphatic rings. The lowest BCUT2D eigenvalue weighted by atomic mass is 10.0. The van der Waals surface area contributed by atoms with Gasteiger partial charge in [0.15, 0.2) is 5.43 Å². The number of H-pyrrole nitrogens is 1. The number of aromatic nitrogens is 2. The second kappa shape index (κ2) is 9.89. The first-order chi connectivity index (χ1) is 17.9. The summed E-state index contributed by atoms with van der Waals surface area (Å²) in [6, 6.07) is 24.4. The maximum Gasteiger partial charge on any atom is 0.358 e. The summed E-state index contributed by atoms with van der Waals surface area (Å²) in [5.41, 5.74) is 2.99. The molecule has 0 amide bonds. The fraction of sp³-hybridized carbons (Fsp3) is 0. The van der Waals surface area contributed by atoms with Crippen LogP contribution in [0.2, 0.25) is 5.02 Å². The van der Waals surface area contributed by atoms with E-state index in [1.54, 1.807) is 18.2 Å². The molecular formula is C28H16Cl2N2O5. The van der Waals surface area contributed by atoms with Gasteiger partial charge in [-0.25, -0.2) is 14.6 Å². The first-order valence-electron chi connectivity index (χ1n) is 11.0. The van der Waals surface area contributed by atoms with Crippen molar-refractivity contribution in [3.05, 3.63) is 111 Å². The second-order valence-electron chi connectivity index (χ2n) is 8.07. The molecule has 1 aliphatic heterocycles. The zero-order valence-electron chi connectivity index (χ0n) is 18.9. The van der Waals surface area contributed by atoms with Crippen molar-refractivity contribution in [2.45, 2.75) is 0 Å². The van der Waals surface area contributed by atoms with E-state index in [2.05, 4.69) is 14.3 Å². The van der Waals surface area contributed by atoms with Crippen molar-refractivity contribution in [3.8, 4) is 11.3 Å². The number of aromatic amines is 1. The van der Waals surface area contributed by atoms with Crippen LogP contribution < -0.4 is 5.43 Å². The number of fused-ring (bicyclic) bond motifs is 4. The average molecular weight is 531 g/mol. The molecule has 0 spiro atoms. The number of halogens is 2. The Kier molecular flexibility index (Phi) is 6.48. The Bertz CT molecular complexity index is 1870. The van der Waals surface area contributed by atoms with Crippen LogP contribution in [-0.4, -0.2) is 27.0 Å². The molecule has 4 aromatic rings. The minimum atomic E-state index is -1.05. The van der Waals surface area contributed by atoms with E-state index in [9.17, 15) is 14.4 Å². The van der Waals surface area contributed by atoms with Crippen LogP contribution in [0.5, 0.6) is 0 Å². The molecule has 0 saturated heterocycles. The number of pyridine rings is 2. The van der Waals surface area contributed by atoms with E-state index in [0.29, 0.717) is 32.7 Å². The highest BCUT2D eigenvalue weighted by atomic mass is 35.5. The summed E-state index contributed by atoms with van der Waals surface area (Å²) in [6.07, 6.45) is 0. The summed E-state index contributed by atoms with van der Waals surface area (Å²) in [4.78, 5) is 42.0. The summed E-state index contributed by atoms with van der Waals surface area (Å²) in [5.74, 6) is -1.70. The Morgan fingerprint density at radius 3 is 2.38 bits per heavy atom.